The van der Waals surface area contributed by atoms with Crippen molar-refractivity contribution in [2.75, 3.05) is 13.7 Å². The zero-order chi connectivity index (χ0) is 19.9. The van der Waals surface area contributed by atoms with Crippen LogP contribution >= 0.6 is 15.9 Å². The number of ether oxygens (including phenoxy) is 3. The highest BCUT2D eigenvalue weighted by Gasteiger charge is 2.15. The number of carbonyl (C=O) groups excluding carboxylic acids is 1. The molecular formula is C20H17BrN2O5. The lowest BCUT2D eigenvalue weighted by Crippen LogP contribution is -2.06. The van der Waals surface area contributed by atoms with Crippen molar-refractivity contribution in [1.82, 2.24) is 10.1 Å². The predicted octanol–water partition coefficient (Wildman–Crippen LogP) is 4.43. The molecule has 7 nitrogen and oxygen atoms in total. The molecule has 0 saturated heterocycles. The Kier molecular flexibility index (Phi) is 6.44. The fraction of sp³-hybridized carbons (Fsp3) is 0.150. The molecule has 0 aliphatic rings. The van der Waals surface area contributed by atoms with Crippen LogP contribution in [0.5, 0.6) is 11.5 Å². The molecule has 0 aliphatic carbocycles. The lowest BCUT2D eigenvalue weighted by atomic mass is 10.2. The van der Waals surface area contributed by atoms with Gasteiger partial charge in [-0.1, -0.05) is 45.9 Å². The smallest absolute Gasteiger partial charge is 0.338 e. The van der Waals surface area contributed by atoms with E-state index in [1.807, 2.05) is 24.3 Å². The Labute approximate surface area is 170 Å². The van der Waals surface area contributed by atoms with Gasteiger partial charge in [0, 0.05) is 10.0 Å². The van der Waals surface area contributed by atoms with Crippen molar-refractivity contribution in [2.24, 2.45) is 0 Å². The minimum atomic E-state index is -0.546. The van der Waals surface area contributed by atoms with Crippen molar-refractivity contribution in [3.8, 4) is 22.9 Å². The third-order valence-corrected chi connectivity index (χ3v) is 4.13. The van der Waals surface area contributed by atoms with Gasteiger partial charge in [-0.15, -0.1) is 0 Å². The van der Waals surface area contributed by atoms with Crippen LogP contribution in [0.15, 0.2) is 64.1 Å². The summed E-state index contributed by atoms with van der Waals surface area (Å²) < 4.78 is 22.0. The standard InChI is InChI=1S/C20H17BrN2O5/c1-3-9-26-16-8-7-14(11-17(16)25-2)20(24)27-12-18-22-19(23-28-18)13-5-4-6-15(21)10-13/h3-8,10-11H,1,9,12H2,2H3. The van der Waals surface area contributed by atoms with Crippen molar-refractivity contribution in [3.05, 3.63) is 71.0 Å². The third kappa shape index (κ3) is 4.77. The quantitative estimate of drug-likeness (QED) is 0.375. The molecule has 0 spiro atoms. The summed E-state index contributed by atoms with van der Waals surface area (Å²) in [5, 5.41) is 3.90. The second kappa shape index (κ2) is 9.18. The monoisotopic (exact) mass is 444 g/mol. The molecule has 0 fully saturated rings. The van der Waals surface area contributed by atoms with Gasteiger partial charge in [0.1, 0.15) is 6.61 Å². The first-order valence-electron chi connectivity index (χ1n) is 8.28. The SMILES string of the molecule is C=CCOc1ccc(C(=O)OCc2nc(-c3cccc(Br)c3)no2)cc1OC. The lowest BCUT2D eigenvalue weighted by molar-refractivity contribution is 0.0429. The number of aromatic nitrogens is 2. The number of hydrogen-bond donors (Lipinski definition) is 0. The van der Waals surface area contributed by atoms with E-state index in [0.717, 1.165) is 10.0 Å². The molecule has 2 aromatic carbocycles. The Bertz CT molecular complexity index is 986. The van der Waals surface area contributed by atoms with Crippen LogP contribution in [-0.4, -0.2) is 29.8 Å². The summed E-state index contributed by atoms with van der Waals surface area (Å²) in [4.78, 5) is 16.5. The molecule has 8 heteroatoms. The van der Waals surface area contributed by atoms with Crippen LogP contribution in [0.3, 0.4) is 0 Å². The van der Waals surface area contributed by atoms with Gasteiger partial charge in [0.15, 0.2) is 18.1 Å². The van der Waals surface area contributed by atoms with Gasteiger partial charge >= 0.3 is 5.97 Å². The highest BCUT2D eigenvalue weighted by molar-refractivity contribution is 9.10. The topological polar surface area (TPSA) is 83.7 Å². The van der Waals surface area contributed by atoms with Crippen LogP contribution in [0.2, 0.25) is 0 Å². The van der Waals surface area contributed by atoms with Gasteiger partial charge < -0.3 is 18.7 Å². The molecule has 0 bridgehead atoms. The number of halogens is 1. The van der Waals surface area contributed by atoms with Crippen LogP contribution in [0.25, 0.3) is 11.4 Å². The summed E-state index contributed by atoms with van der Waals surface area (Å²) in [6, 6.07) is 12.2. The Balaban J connectivity index is 1.65. The van der Waals surface area contributed by atoms with E-state index in [0.29, 0.717) is 29.5 Å². The molecule has 1 aromatic heterocycles. The molecule has 28 heavy (non-hydrogen) atoms. The Morgan fingerprint density at radius 2 is 2.11 bits per heavy atom. The average molecular weight is 445 g/mol. The van der Waals surface area contributed by atoms with Gasteiger partial charge in [-0.05, 0) is 30.3 Å². The van der Waals surface area contributed by atoms with Crippen molar-refractivity contribution in [1.29, 1.82) is 0 Å². The Morgan fingerprint density at radius 3 is 2.86 bits per heavy atom. The van der Waals surface area contributed by atoms with Crippen LogP contribution < -0.4 is 9.47 Å². The average Bonchev–Trinajstić information content (AvgIpc) is 3.19. The number of nitrogens with zero attached hydrogens (tertiary/aromatic N) is 2. The van der Waals surface area contributed by atoms with Crippen molar-refractivity contribution >= 4 is 21.9 Å². The van der Waals surface area contributed by atoms with Crippen LogP contribution in [0, 0.1) is 0 Å². The van der Waals surface area contributed by atoms with E-state index >= 15 is 0 Å². The molecule has 0 atom stereocenters. The number of methoxy groups -OCH3 is 1. The van der Waals surface area contributed by atoms with E-state index in [1.54, 1.807) is 24.3 Å². The molecule has 0 radical (unpaired) electrons. The maximum Gasteiger partial charge on any atom is 0.338 e. The first-order valence-corrected chi connectivity index (χ1v) is 9.07. The molecule has 3 rings (SSSR count). The van der Waals surface area contributed by atoms with Gasteiger partial charge in [-0.3, -0.25) is 0 Å². The molecule has 0 unspecified atom stereocenters. The number of esters is 1. The minimum absolute atomic E-state index is 0.142. The van der Waals surface area contributed by atoms with E-state index in [4.69, 9.17) is 18.7 Å². The maximum absolute atomic E-state index is 12.3. The summed E-state index contributed by atoms with van der Waals surface area (Å²) >= 11 is 3.39. The van der Waals surface area contributed by atoms with E-state index in [2.05, 4.69) is 32.6 Å². The van der Waals surface area contributed by atoms with E-state index in [1.165, 1.54) is 7.11 Å². The van der Waals surface area contributed by atoms with E-state index in [9.17, 15) is 4.79 Å². The number of benzene rings is 2. The minimum Gasteiger partial charge on any atom is -0.493 e. The van der Waals surface area contributed by atoms with Crippen LogP contribution in [0.1, 0.15) is 16.2 Å². The van der Waals surface area contributed by atoms with Gasteiger partial charge in [-0.25, -0.2) is 4.79 Å². The van der Waals surface area contributed by atoms with Gasteiger partial charge in [0.25, 0.3) is 5.89 Å². The lowest BCUT2D eigenvalue weighted by Gasteiger charge is -2.10. The fourth-order valence-corrected chi connectivity index (χ4v) is 2.73. The van der Waals surface area contributed by atoms with Gasteiger partial charge in [0.05, 0.1) is 12.7 Å². The molecule has 3 aromatic rings. The number of rotatable bonds is 8. The zero-order valence-electron chi connectivity index (χ0n) is 15.1. The number of hydrogen-bond acceptors (Lipinski definition) is 7. The predicted molar refractivity (Wildman–Crippen MR) is 105 cm³/mol. The largest absolute Gasteiger partial charge is 0.493 e. The van der Waals surface area contributed by atoms with E-state index in [-0.39, 0.29) is 12.5 Å². The third-order valence-electron chi connectivity index (χ3n) is 3.63. The van der Waals surface area contributed by atoms with Crippen molar-refractivity contribution in [2.45, 2.75) is 6.61 Å². The summed E-state index contributed by atoms with van der Waals surface area (Å²) in [7, 11) is 1.49. The van der Waals surface area contributed by atoms with Gasteiger partial charge in [0.2, 0.25) is 5.82 Å². The van der Waals surface area contributed by atoms with Crippen molar-refractivity contribution in [3.63, 3.8) is 0 Å². The summed E-state index contributed by atoms with van der Waals surface area (Å²) in [5.74, 6) is 0.996. The normalized spacial score (nSPS) is 10.4. The Morgan fingerprint density at radius 1 is 1.25 bits per heavy atom. The fourth-order valence-electron chi connectivity index (χ4n) is 2.33. The molecule has 1 heterocycles. The summed E-state index contributed by atoms with van der Waals surface area (Å²) in [5.41, 5.74) is 1.10. The molecule has 0 N–H and O–H groups in total. The Hall–Kier alpha value is -3.13. The first kappa shape index (κ1) is 19.6. The van der Waals surface area contributed by atoms with E-state index < -0.39 is 5.97 Å². The highest BCUT2D eigenvalue weighted by Crippen LogP contribution is 2.28. The summed E-state index contributed by atoms with van der Waals surface area (Å²) in [6.07, 6.45) is 1.62. The second-order valence-corrected chi connectivity index (χ2v) is 6.48. The molecule has 0 aliphatic heterocycles. The van der Waals surface area contributed by atoms with Crippen molar-refractivity contribution < 1.29 is 23.5 Å². The van der Waals surface area contributed by atoms with Crippen LogP contribution in [-0.2, 0) is 11.3 Å². The van der Waals surface area contributed by atoms with Crippen LogP contribution in [0.4, 0.5) is 0 Å². The maximum atomic E-state index is 12.3. The molecule has 0 saturated carbocycles. The highest BCUT2D eigenvalue weighted by atomic mass is 79.9. The number of carbonyl (C=O) groups is 1. The molecule has 0 amide bonds. The first-order chi connectivity index (χ1) is 13.6. The van der Waals surface area contributed by atoms with Gasteiger partial charge in [-0.2, -0.15) is 4.98 Å². The zero-order valence-corrected chi connectivity index (χ0v) is 16.6. The second-order valence-electron chi connectivity index (χ2n) is 5.56. The molecular weight excluding hydrogens is 428 g/mol. The molecule has 144 valence electrons. The summed E-state index contributed by atoms with van der Waals surface area (Å²) in [6.45, 7) is 3.78.